The first-order valence-electron chi connectivity index (χ1n) is 6.83. The summed E-state index contributed by atoms with van der Waals surface area (Å²) in [6, 6.07) is 14.3. The molecule has 22 heavy (non-hydrogen) atoms. The highest BCUT2D eigenvalue weighted by Gasteiger charge is 2.12. The highest BCUT2D eigenvalue weighted by atomic mass is 79.9. The lowest BCUT2D eigenvalue weighted by molar-refractivity contribution is 0.584. The molecule has 0 heterocycles. The fourth-order valence-corrected chi connectivity index (χ4v) is 2.96. The molecule has 0 unspecified atom stereocenters. The number of hydrogen-bond acceptors (Lipinski definition) is 3. The van der Waals surface area contributed by atoms with Crippen LogP contribution in [0, 0.1) is 0 Å². The summed E-state index contributed by atoms with van der Waals surface area (Å²) in [6.07, 6.45) is 0.965. The Morgan fingerprint density at radius 1 is 1.09 bits per heavy atom. The number of nitrogens with one attached hydrogen (secondary N) is 1. The molecule has 0 spiro atoms. The molecule has 0 saturated heterocycles. The molecule has 0 aliphatic rings. The van der Waals surface area contributed by atoms with Gasteiger partial charge in [-0.05, 0) is 48.7 Å². The lowest BCUT2D eigenvalue weighted by atomic mass is 10.1. The topological polar surface area (TPSA) is 58.5 Å². The zero-order chi connectivity index (χ0) is 16.2. The lowest BCUT2D eigenvalue weighted by Gasteiger charge is -2.06. The molecule has 1 N–H and O–H groups in total. The average Bonchev–Trinajstić information content (AvgIpc) is 2.53. The Balaban J connectivity index is 2.16. The number of sulfonamides is 1. The summed E-state index contributed by atoms with van der Waals surface area (Å²) in [5.74, 6) is 0. The first-order valence-corrected chi connectivity index (χ1v) is 9.11. The summed E-state index contributed by atoms with van der Waals surface area (Å²) in [6.45, 7) is 3.85. The van der Waals surface area contributed by atoms with Crippen molar-refractivity contribution in [3.8, 4) is 0 Å². The summed E-state index contributed by atoms with van der Waals surface area (Å²) < 4.78 is 25.1. The summed E-state index contributed by atoms with van der Waals surface area (Å²) in [4.78, 5) is 2.44. The number of hydrazone groups is 1. The Bertz CT molecular complexity index is 767. The minimum Gasteiger partial charge on any atom is -0.200 e. The molecule has 0 bridgehead atoms. The van der Waals surface area contributed by atoms with Gasteiger partial charge in [0.2, 0.25) is 0 Å². The molecule has 0 aliphatic carbocycles. The van der Waals surface area contributed by atoms with Crippen LogP contribution in [0.25, 0.3) is 0 Å². The zero-order valence-electron chi connectivity index (χ0n) is 12.4. The largest absolute Gasteiger partial charge is 0.276 e. The molecule has 0 fully saturated rings. The van der Waals surface area contributed by atoms with Gasteiger partial charge in [-0.2, -0.15) is 18.4 Å². The molecule has 2 rings (SSSR count). The van der Waals surface area contributed by atoms with Crippen molar-refractivity contribution >= 4 is 31.7 Å². The maximum absolute atomic E-state index is 12.1. The van der Waals surface area contributed by atoms with Crippen LogP contribution in [0.3, 0.4) is 0 Å². The standard InChI is InChI=1S/C16H17BrN2O2S/c1-3-13-4-6-14(7-5-13)12(2)18-19-22(20,21)16-10-8-15(17)9-11-16/h4-11,19H,3H2,1-2H3/b18-12+. The molecule has 0 saturated carbocycles. The third-order valence-corrected chi connectivity index (χ3v) is 4.99. The Labute approximate surface area is 139 Å². The van der Waals surface area contributed by atoms with Gasteiger partial charge in [-0.25, -0.2) is 0 Å². The van der Waals surface area contributed by atoms with E-state index in [-0.39, 0.29) is 4.90 Å². The SMILES string of the molecule is CCc1ccc(/C(C)=N/NS(=O)(=O)c2ccc(Br)cc2)cc1. The number of halogens is 1. The monoisotopic (exact) mass is 380 g/mol. The predicted octanol–water partition coefficient (Wildman–Crippen LogP) is 3.71. The molecular formula is C16H17BrN2O2S. The van der Waals surface area contributed by atoms with Crippen LogP contribution in [0.1, 0.15) is 25.0 Å². The minimum absolute atomic E-state index is 0.175. The first kappa shape index (κ1) is 16.7. The second-order valence-corrected chi connectivity index (χ2v) is 7.37. The highest BCUT2D eigenvalue weighted by molar-refractivity contribution is 9.10. The van der Waals surface area contributed by atoms with Crippen LogP contribution in [-0.4, -0.2) is 14.1 Å². The smallest absolute Gasteiger partial charge is 0.200 e. The third kappa shape index (κ3) is 4.18. The maximum Gasteiger partial charge on any atom is 0.276 e. The van der Waals surface area contributed by atoms with Gasteiger partial charge in [-0.1, -0.05) is 47.1 Å². The third-order valence-electron chi connectivity index (χ3n) is 3.24. The molecule has 4 nitrogen and oxygen atoms in total. The van der Waals surface area contributed by atoms with E-state index in [9.17, 15) is 8.42 Å². The minimum atomic E-state index is -3.65. The van der Waals surface area contributed by atoms with Crippen molar-refractivity contribution in [2.24, 2.45) is 5.10 Å². The van der Waals surface area contributed by atoms with Crippen LogP contribution in [0.4, 0.5) is 0 Å². The van der Waals surface area contributed by atoms with Crippen LogP contribution in [0.5, 0.6) is 0 Å². The number of benzene rings is 2. The van der Waals surface area contributed by atoms with E-state index in [2.05, 4.69) is 32.8 Å². The number of nitrogens with zero attached hydrogens (tertiary/aromatic N) is 1. The van der Waals surface area contributed by atoms with Crippen LogP contribution in [0.2, 0.25) is 0 Å². The van der Waals surface area contributed by atoms with Gasteiger partial charge < -0.3 is 0 Å². The molecule has 0 amide bonds. The van der Waals surface area contributed by atoms with E-state index in [1.807, 2.05) is 24.3 Å². The molecule has 0 aromatic heterocycles. The number of rotatable bonds is 5. The zero-order valence-corrected chi connectivity index (χ0v) is 14.8. The molecule has 0 atom stereocenters. The van der Waals surface area contributed by atoms with Crippen molar-refractivity contribution < 1.29 is 8.42 Å². The average molecular weight is 381 g/mol. The van der Waals surface area contributed by atoms with Gasteiger partial charge in [0.05, 0.1) is 10.6 Å². The Morgan fingerprint density at radius 3 is 2.23 bits per heavy atom. The van der Waals surface area contributed by atoms with Crippen LogP contribution in [0.15, 0.2) is 63.0 Å². The number of hydrogen-bond donors (Lipinski definition) is 1. The molecule has 0 radical (unpaired) electrons. The van der Waals surface area contributed by atoms with Gasteiger partial charge in [0, 0.05) is 4.47 Å². The Morgan fingerprint density at radius 2 is 1.68 bits per heavy atom. The van der Waals surface area contributed by atoms with E-state index in [0.29, 0.717) is 5.71 Å². The molecule has 2 aromatic rings. The molecule has 2 aromatic carbocycles. The maximum atomic E-state index is 12.1. The van der Waals surface area contributed by atoms with Gasteiger partial charge in [-0.3, -0.25) is 0 Å². The molecule has 6 heteroatoms. The van der Waals surface area contributed by atoms with Crippen molar-refractivity contribution in [2.75, 3.05) is 0 Å². The van der Waals surface area contributed by atoms with Gasteiger partial charge in [0.25, 0.3) is 10.0 Å². The van der Waals surface area contributed by atoms with Gasteiger partial charge in [-0.15, -0.1) is 0 Å². The Hall–Kier alpha value is -1.66. The van der Waals surface area contributed by atoms with Crippen molar-refractivity contribution in [3.05, 3.63) is 64.1 Å². The van der Waals surface area contributed by atoms with Gasteiger partial charge in [0.1, 0.15) is 0 Å². The van der Waals surface area contributed by atoms with E-state index >= 15 is 0 Å². The second kappa shape index (κ2) is 7.07. The lowest BCUT2D eigenvalue weighted by Crippen LogP contribution is -2.19. The van der Waals surface area contributed by atoms with E-state index < -0.39 is 10.0 Å². The summed E-state index contributed by atoms with van der Waals surface area (Å²) in [5.41, 5.74) is 2.73. The van der Waals surface area contributed by atoms with E-state index in [0.717, 1.165) is 16.5 Å². The summed E-state index contributed by atoms with van der Waals surface area (Å²) in [5, 5.41) is 3.99. The quantitative estimate of drug-likeness (QED) is 0.634. The van der Waals surface area contributed by atoms with Crippen molar-refractivity contribution in [1.82, 2.24) is 4.83 Å². The first-order chi connectivity index (χ1) is 10.4. The highest BCUT2D eigenvalue weighted by Crippen LogP contribution is 2.14. The van der Waals surface area contributed by atoms with Gasteiger partial charge >= 0.3 is 0 Å². The molecule has 0 aliphatic heterocycles. The van der Waals surface area contributed by atoms with Crippen molar-refractivity contribution in [1.29, 1.82) is 0 Å². The molecule has 116 valence electrons. The fraction of sp³-hybridized carbons (Fsp3) is 0.188. The van der Waals surface area contributed by atoms with Crippen molar-refractivity contribution in [3.63, 3.8) is 0 Å². The van der Waals surface area contributed by atoms with Crippen LogP contribution in [-0.2, 0) is 16.4 Å². The van der Waals surface area contributed by atoms with E-state index in [4.69, 9.17) is 0 Å². The summed E-state index contributed by atoms with van der Waals surface area (Å²) in [7, 11) is -3.65. The molecular weight excluding hydrogens is 364 g/mol. The number of aryl methyl sites for hydroxylation is 1. The fourth-order valence-electron chi connectivity index (χ4n) is 1.84. The van der Waals surface area contributed by atoms with Crippen LogP contribution >= 0.6 is 15.9 Å². The second-order valence-electron chi connectivity index (χ2n) is 4.80. The summed E-state index contributed by atoms with van der Waals surface area (Å²) >= 11 is 3.27. The van der Waals surface area contributed by atoms with E-state index in [1.165, 1.54) is 17.7 Å². The van der Waals surface area contributed by atoms with E-state index in [1.54, 1.807) is 19.1 Å². The van der Waals surface area contributed by atoms with Gasteiger partial charge in [0.15, 0.2) is 0 Å². The van der Waals surface area contributed by atoms with Crippen LogP contribution < -0.4 is 4.83 Å². The Kier molecular flexibility index (Phi) is 5.37. The predicted molar refractivity (Wildman–Crippen MR) is 92.5 cm³/mol. The van der Waals surface area contributed by atoms with Crippen molar-refractivity contribution in [2.45, 2.75) is 25.2 Å². The normalized spacial score (nSPS) is 12.2.